The van der Waals surface area contributed by atoms with Crippen molar-refractivity contribution in [3.63, 3.8) is 0 Å². The van der Waals surface area contributed by atoms with E-state index < -0.39 is 0 Å². The summed E-state index contributed by atoms with van der Waals surface area (Å²) in [4.78, 5) is 14.9. The number of piperidine rings is 2. The molecular weight excluding hydrogens is 369 g/mol. The molecule has 0 aliphatic carbocycles. The molecule has 2 unspecified atom stereocenters. The first-order chi connectivity index (χ1) is 11.7. The average molecular weight is 402 g/mol. The third-order valence-electron chi connectivity index (χ3n) is 5.60. The van der Waals surface area contributed by atoms with Gasteiger partial charge >= 0.3 is 0 Å². The molecule has 2 saturated heterocycles. The molecule has 6 heteroatoms. The van der Waals surface area contributed by atoms with Crippen molar-refractivity contribution in [2.45, 2.75) is 45.1 Å². The Hall–Kier alpha value is -0.970. The van der Waals surface area contributed by atoms with Crippen LogP contribution in [-0.4, -0.2) is 38.1 Å². The normalized spacial score (nSPS) is 21.9. The molecule has 2 atom stereocenters. The lowest BCUT2D eigenvalue weighted by atomic mass is 9.84. The Labute approximate surface area is 170 Å². The van der Waals surface area contributed by atoms with Gasteiger partial charge < -0.3 is 15.5 Å². The fraction of sp³-hybridized carbons (Fsp3) is 0.650. The van der Waals surface area contributed by atoms with Crippen molar-refractivity contribution in [1.29, 1.82) is 0 Å². The van der Waals surface area contributed by atoms with Gasteiger partial charge in [-0.3, -0.25) is 4.79 Å². The van der Waals surface area contributed by atoms with Gasteiger partial charge in [-0.1, -0.05) is 25.1 Å². The minimum absolute atomic E-state index is 0. The summed E-state index contributed by atoms with van der Waals surface area (Å²) in [5.74, 6) is 1.42. The molecule has 2 N–H and O–H groups in total. The summed E-state index contributed by atoms with van der Waals surface area (Å²) >= 11 is 0. The Morgan fingerprint density at radius 3 is 2.58 bits per heavy atom. The second-order valence-electron chi connectivity index (χ2n) is 7.46. The zero-order valence-corrected chi connectivity index (χ0v) is 17.3. The Morgan fingerprint density at radius 2 is 1.88 bits per heavy atom. The van der Waals surface area contributed by atoms with E-state index >= 15 is 0 Å². The molecule has 1 aromatic carbocycles. The van der Waals surface area contributed by atoms with Crippen molar-refractivity contribution in [2.75, 3.05) is 31.1 Å². The highest BCUT2D eigenvalue weighted by Crippen LogP contribution is 2.24. The lowest BCUT2D eigenvalue weighted by Gasteiger charge is -2.35. The number of hydrogen-bond acceptors (Lipinski definition) is 3. The number of rotatable bonds is 5. The van der Waals surface area contributed by atoms with Gasteiger partial charge in [-0.15, -0.1) is 24.8 Å². The number of hydrogen-bond donors (Lipinski definition) is 2. The highest BCUT2D eigenvalue weighted by atomic mass is 35.5. The summed E-state index contributed by atoms with van der Waals surface area (Å²) in [7, 11) is 0. The third-order valence-corrected chi connectivity index (χ3v) is 5.60. The molecule has 0 spiro atoms. The van der Waals surface area contributed by atoms with Gasteiger partial charge in [0.25, 0.3) is 0 Å². The van der Waals surface area contributed by atoms with Crippen LogP contribution in [0.1, 0.15) is 39.0 Å². The maximum Gasteiger partial charge on any atom is 0.220 e. The standard InChI is InChI=1S/C20H31N3O.2ClH/c1-16(17-9-11-21-12-10-17)14-20(24)22-18-6-5-13-23(15-18)19-7-3-2-4-8-19;;/h2-4,7-8,16-18,21H,5-6,9-15H2,1H3,(H,22,24);2*1H. The van der Waals surface area contributed by atoms with E-state index in [2.05, 4.69) is 52.8 Å². The molecule has 0 aromatic heterocycles. The van der Waals surface area contributed by atoms with Crippen molar-refractivity contribution in [3.8, 4) is 0 Å². The molecule has 2 fully saturated rings. The first-order valence-electron chi connectivity index (χ1n) is 9.52. The lowest BCUT2D eigenvalue weighted by molar-refractivity contribution is -0.123. The van der Waals surface area contributed by atoms with Crippen molar-refractivity contribution < 1.29 is 4.79 Å². The second-order valence-corrected chi connectivity index (χ2v) is 7.46. The fourth-order valence-electron chi connectivity index (χ4n) is 4.13. The van der Waals surface area contributed by atoms with Crippen LogP contribution in [0.25, 0.3) is 0 Å². The second kappa shape index (κ2) is 11.7. The van der Waals surface area contributed by atoms with E-state index in [-0.39, 0.29) is 36.8 Å². The quantitative estimate of drug-likeness (QED) is 0.791. The Balaban J connectivity index is 0.00000169. The van der Waals surface area contributed by atoms with Crippen molar-refractivity contribution in [1.82, 2.24) is 10.6 Å². The van der Waals surface area contributed by atoms with E-state index in [1.165, 1.54) is 18.5 Å². The average Bonchev–Trinajstić information content (AvgIpc) is 2.63. The van der Waals surface area contributed by atoms with E-state index in [4.69, 9.17) is 0 Å². The van der Waals surface area contributed by atoms with Crippen LogP contribution in [-0.2, 0) is 4.79 Å². The number of benzene rings is 1. The number of amides is 1. The number of nitrogens with one attached hydrogen (secondary N) is 2. The number of para-hydroxylation sites is 1. The van der Waals surface area contributed by atoms with Crippen LogP contribution in [0.2, 0.25) is 0 Å². The zero-order chi connectivity index (χ0) is 16.8. The Bertz CT molecular complexity index is 523. The monoisotopic (exact) mass is 401 g/mol. The first-order valence-corrected chi connectivity index (χ1v) is 9.52. The number of carbonyl (C=O) groups is 1. The molecule has 1 amide bonds. The van der Waals surface area contributed by atoms with Gasteiger partial charge in [0.15, 0.2) is 0 Å². The van der Waals surface area contributed by atoms with E-state index in [1.807, 2.05) is 0 Å². The largest absolute Gasteiger partial charge is 0.369 e. The van der Waals surface area contributed by atoms with Gasteiger partial charge in [0.1, 0.15) is 0 Å². The highest BCUT2D eigenvalue weighted by molar-refractivity contribution is 5.85. The summed E-state index contributed by atoms with van der Waals surface area (Å²) in [6.45, 7) is 6.46. The van der Waals surface area contributed by atoms with Gasteiger partial charge in [0.2, 0.25) is 5.91 Å². The van der Waals surface area contributed by atoms with E-state index in [9.17, 15) is 4.79 Å². The molecule has 2 aliphatic rings. The number of nitrogens with zero attached hydrogens (tertiary/aromatic N) is 1. The zero-order valence-electron chi connectivity index (χ0n) is 15.7. The molecular formula is C20H33Cl2N3O. The highest BCUT2D eigenvalue weighted by Gasteiger charge is 2.25. The van der Waals surface area contributed by atoms with Crippen molar-refractivity contribution in [2.24, 2.45) is 11.8 Å². The van der Waals surface area contributed by atoms with Crippen LogP contribution in [0.3, 0.4) is 0 Å². The summed E-state index contributed by atoms with van der Waals surface area (Å²) in [6.07, 6.45) is 5.33. The topological polar surface area (TPSA) is 44.4 Å². The van der Waals surface area contributed by atoms with Crippen LogP contribution in [0.4, 0.5) is 5.69 Å². The molecule has 0 radical (unpaired) electrons. The molecule has 0 saturated carbocycles. The fourth-order valence-corrected chi connectivity index (χ4v) is 4.13. The van der Waals surface area contributed by atoms with Gasteiger partial charge in [0, 0.05) is 31.2 Å². The van der Waals surface area contributed by atoms with Crippen molar-refractivity contribution >= 4 is 36.4 Å². The lowest BCUT2D eigenvalue weighted by Crippen LogP contribution is -2.48. The minimum atomic E-state index is 0. The number of halogens is 2. The summed E-state index contributed by atoms with van der Waals surface area (Å²) in [6, 6.07) is 10.8. The summed E-state index contributed by atoms with van der Waals surface area (Å²) in [5, 5.41) is 6.70. The Kier molecular flexibility index (Phi) is 10.4. The SMILES string of the molecule is CC(CC(=O)NC1CCCN(c2ccccc2)C1)C1CCNCC1.Cl.Cl. The minimum Gasteiger partial charge on any atom is -0.369 e. The molecule has 26 heavy (non-hydrogen) atoms. The van der Waals surface area contributed by atoms with E-state index in [0.29, 0.717) is 18.3 Å². The van der Waals surface area contributed by atoms with Gasteiger partial charge in [-0.05, 0) is 62.7 Å². The molecule has 0 bridgehead atoms. The van der Waals surface area contributed by atoms with Crippen LogP contribution in [0.15, 0.2) is 30.3 Å². The Morgan fingerprint density at radius 1 is 1.19 bits per heavy atom. The van der Waals surface area contributed by atoms with Crippen LogP contribution in [0, 0.1) is 11.8 Å². The van der Waals surface area contributed by atoms with Gasteiger partial charge in [-0.2, -0.15) is 0 Å². The van der Waals surface area contributed by atoms with Crippen LogP contribution < -0.4 is 15.5 Å². The van der Waals surface area contributed by atoms with E-state index in [1.54, 1.807) is 0 Å². The third kappa shape index (κ3) is 6.64. The first kappa shape index (κ1) is 23.1. The number of carbonyl (C=O) groups excluding carboxylic acids is 1. The summed E-state index contributed by atoms with van der Waals surface area (Å²) in [5.41, 5.74) is 1.26. The predicted octanol–water partition coefficient (Wildman–Crippen LogP) is 3.64. The molecule has 3 rings (SSSR count). The molecule has 1 aromatic rings. The molecule has 4 nitrogen and oxygen atoms in total. The number of anilines is 1. The molecule has 2 heterocycles. The maximum absolute atomic E-state index is 12.5. The van der Waals surface area contributed by atoms with Crippen LogP contribution in [0.5, 0.6) is 0 Å². The predicted molar refractivity (Wildman–Crippen MR) is 114 cm³/mol. The molecule has 2 aliphatic heterocycles. The summed E-state index contributed by atoms with van der Waals surface area (Å²) < 4.78 is 0. The molecule has 148 valence electrons. The van der Waals surface area contributed by atoms with Gasteiger partial charge in [-0.25, -0.2) is 0 Å². The van der Waals surface area contributed by atoms with Crippen LogP contribution >= 0.6 is 24.8 Å². The maximum atomic E-state index is 12.5. The van der Waals surface area contributed by atoms with E-state index in [0.717, 1.165) is 39.0 Å². The van der Waals surface area contributed by atoms with Gasteiger partial charge in [0.05, 0.1) is 0 Å². The smallest absolute Gasteiger partial charge is 0.220 e. The van der Waals surface area contributed by atoms with Crippen molar-refractivity contribution in [3.05, 3.63) is 30.3 Å².